The minimum Gasteiger partial charge on any atom is -0.480 e. The molecule has 0 saturated heterocycles. The van der Waals surface area contributed by atoms with E-state index in [1.807, 2.05) is 39.0 Å². The average molecular weight is 410 g/mol. The Morgan fingerprint density at radius 3 is 2.71 bits per heavy atom. The van der Waals surface area contributed by atoms with Crippen molar-refractivity contribution in [3.8, 4) is 23.0 Å². The second kappa shape index (κ2) is 9.84. The number of aliphatic carboxylic acids is 1. The number of carboxylic acids is 1. The number of aromatic nitrogens is 1. The van der Waals surface area contributed by atoms with Crippen LogP contribution in [0.15, 0.2) is 22.6 Å². The second-order valence-corrected chi connectivity index (χ2v) is 7.87. The average Bonchev–Trinajstić information content (AvgIpc) is 3.29. The van der Waals surface area contributed by atoms with Crippen LogP contribution in [0.5, 0.6) is 11.5 Å². The highest BCUT2D eigenvalue weighted by Gasteiger charge is 2.27. The van der Waals surface area contributed by atoms with E-state index in [-0.39, 0.29) is 6.79 Å². The molecule has 0 saturated carbocycles. The van der Waals surface area contributed by atoms with Gasteiger partial charge in [-0.1, -0.05) is 13.8 Å². The van der Waals surface area contributed by atoms with Gasteiger partial charge in [0.05, 0.1) is 18.2 Å². The Kier molecular flexibility index (Phi) is 7.77. The first kappa shape index (κ1) is 22.1. The molecule has 1 aromatic heterocycles. The molecule has 7 nitrogen and oxygen atoms in total. The number of rotatable bonds is 8. The van der Waals surface area contributed by atoms with Gasteiger partial charge in [-0.05, 0) is 39.0 Å². The summed E-state index contributed by atoms with van der Waals surface area (Å²) in [5.74, 6) is 2.11. The van der Waals surface area contributed by atoms with E-state index in [1.165, 1.54) is 11.8 Å². The van der Waals surface area contributed by atoms with Gasteiger partial charge in [-0.15, -0.1) is 11.8 Å². The third-order valence-corrected chi connectivity index (χ3v) is 5.19. The lowest BCUT2D eigenvalue weighted by Gasteiger charge is -2.17. The predicted molar refractivity (Wildman–Crippen MR) is 108 cm³/mol. The molecule has 0 spiro atoms. The number of ether oxygens (including phenoxy) is 3. The van der Waals surface area contributed by atoms with Gasteiger partial charge in [0.2, 0.25) is 12.7 Å². The Morgan fingerprint density at radius 1 is 1.29 bits per heavy atom. The van der Waals surface area contributed by atoms with E-state index in [0.29, 0.717) is 36.4 Å². The summed E-state index contributed by atoms with van der Waals surface area (Å²) in [4.78, 5) is 15.6. The van der Waals surface area contributed by atoms with Gasteiger partial charge < -0.3 is 23.7 Å². The van der Waals surface area contributed by atoms with Gasteiger partial charge in [-0.25, -0.2) is 4.98 Å². The van der Waals surface area contributed by atoms with Crippen molar-refractivity contribution >= 4 is 17.7 Å². The fourth-order valence-electron chi connectivity index (χ4n) is 2.29. The topological polar surface area (TPSA) is 91.0 Å². The molecule has 0 amide bonds. The summed E-state index contributed by atoms with van der Waals surface area (Å²) in [5, 5.41) is 9.07. The summed E-state index contributed by atoms with van der Waals surface area (Å²) in [6.07, 6.45) is 0.591. The number of carbonyl (C=O) groups is 1. The Bertz CT molecular complexity index is 802. The van der Waals surface area contributed by atoms with Crippen LogP contribution in [0.2, 0.25) is 0 Å². The number of aryl methyl sites for hydroxylation is 1. The summed E-state index contributed by atoms with van der Waals surface area (Å²) < 4.78 is 21.1. The van der Waals surface area contributed by atoms with Crippen molar-refractivity contribution in [3.05, 3.63) is 29.7 Å². The lowest BCUT2D eigenvalue weighted by atomic mass is 10.2. The summed E-state index contributed by atoms with van der Waals surface area (Å²) in [5.41, 5.74) is 1.64. The van der Waals surface area contributed by atoms with Crippen LogP contribution in [0, 0.1) is 6.92 Å². The number of thioether (sulfide) groups is 1. The van der Waals surface area contributed by atoms with Gasteiger partial charge in [0, 0.05) is 12.0 Å². The monoisotopic (exact) mass is 409 g/mol. The zero-order valence-electron chi connectivity index (χ0n) is 16.9. The zero-order valence-corrected chi connectivity index (χ0v) is 17.7. The number of oxazole rings is 1. The molecule has 8 heteroatoms. The fourth-order valence-corrected chi connectivity index (χ4v) is 2.91. The molecule has 0 aliphatic carbocycles. The first-order valence-corrected chi connectivity index (χ1v) is 10.2. The van der Waals surface area contributed by atoms with Gasteiger partial charge in [-0.2, -0.15) is 0 Å². The minimum atomic E-state index is -0.865. The van der Waals surface area contributed by atoms with Crippen molar-refractivity contribution in [2.45, 2.75) is 45.8 Å². The molecular weight excluding hydrogens is 382 g/mol. The molecule has 2 heterocycles. The van der Waals surface area contributed by atoms with Crippen LogP contribution in [0.1, 0.15) is 39.1 Å². The van der Waals surface area contributed by atoms with Crippen molar-refractivity contribution in [1.82, 2.24) is 4.98 Å². The summed E-state index contributed by atoms with van der Waals surface area (Å²) in [6.45, 7) is 9.84. The van der Waals surface area contributed by atoms with Crippen molar-refractivity contribution in [2.75, 3.05) is 19.3 Å². The van der Waals surface area contributed by atoms with Gasteiger partial charge in [-0.3, -0.25) is 4.79 Å². The number of fused-ring (bicyclic) bond motifs is 1. The van der Waals surface area contributed by atoms with E-state index in [2.05, 4.69) is 4.98 Å². The van der Waals surface area contributed by atoms with Gasteiger partial charge in [0.1, 0.15) is 10.5 Å². The molecule has 2 aromatic rings. The lowest BCUT2D eigenvalue weighted by Crippen LogP contribution is -2.28. The molecule has 0 radical (unpaired) electrons. The normalized spacial score (nSPS) is 12.5. The molecule has 0 fully saturated rings. The molecule has 0 atom stereocenters. The number of hydrogen-bond acceptors (Lipinski definition) is 7. The SMILES string of the molecule is CC.Cc1oc(-c2ccc3c(c2)OCO3)nc1CCOCSC(C)(C)C(=O)O. The number of benzene rings is 1. The highest BCUT2D eigenvalue weighted by Crippen LogP contribution is 2.36. The quantitative estimate of drug-likeness (QED) is 0.503. The van der Waals surface area contributed by atoms with Crippen LogP contribution in [0.3, 0.4) is 0 Å². The first-order chi connectivity index (χ1) is 13.4. The Balaban J connectivity index is 0.00000136. The molecule has 1 aromatic carbocycles. The highest BCUT2D eigenvalue weighted by atomic mass is 32.2. The molecule has 3 rings (SSSR count). The Hall–Kier alpha value is -2.19. The molecule has 1 aliphatic heterocycles. The molecule has 1 aliphatic rings. The van der Waals surface area contributed by atoms with Crippen LogP contribution in [0.25, 0.3) is 11.5 Å². The zero-order chi connectivity index (χ0) is 20.7. The summed E-state index contributed by atoms with van der Waals surface area (Å²) in [7, 11) is 0. The highest BCUT2D eigenvalue weighted by molar-refractivity contribution is 8.01. The van der Waals surface area contributed by atoms with Crippen molar-refractivity contribution in [2.24, 2.45) is 0 Å². The maximum absolute atomic E-state index is 11.0. The standard InChI is InChI=1S/C18H21NO6S.C2H6/c1-11-13(6-7-22-10-26-18(2,3)17(20)21)19-16(25-11)12-4-5-14-15(8-12)24-9-23-14;1-2/h4-5,8H,6-7,9-10H2,1-3H3,(H,20,21);1-2H3. The number of carboxylic acid groups (broad SMARTS) is 1. The van der Waals surface area contributed by atoms with E-state index in [0.717, 1.165) is 17.0 Å². The fraction of sp³-hybridized carbons (Fsp3) is 0.500. The number of nitrogens with zero attached hydrogens (tertiary/aromatic N) is 1. The van der Waals surface area contributed by atoms with E-state index in [9.17, 15) is 4.79 Å². The predicted octanol–water partition coefficient (Wildman–Crippen LogP) is 4.52. The molecule has 0 unspecified atom stereocenters. The molecule has 28 heavy (non-hydrogen) atoms. The Labute approximate surface area is 169 Å². The Morgan fingerprint density at radius 2 is 2.00 bits per heavy atom. The molecule has 0 bridgehead atoms. The maximum Gasteiger partial charge on any atom is 0.319 e. The van der Waals surface area contributed by atoms with Gasteiger partial charge in [0.15, 0.2) is 11.5 Å². The molecular formula is C20H27NO6S. The summed E-state index contributed by atoms with van der Waals surface area (Å²) >= 11 is 1.25. The molecule has 1 N–H and O–H groups in total. The van der Waals surface area contributed by atoms with E-state index in [1.54, 1.807) is 13.8 Å². The van der Waals surface area contributed by atoms with Crippen LogP contribution < -0.4 is 9.47 Å². The number of hydrogen-bond donors (Lipinski definition) is 1. The minimum absolute atomic E-state index is 0.225. The van der Waals surface area contributed by atoms with E-state index in [4.69, 9.17) is 23.7 Å². The third-order valence-electron chi connectivity index (χ3n) is 4.01. The van der Waals surface area contributed by atoms with Crippen LogP contribution in [-0.4, -0.2) is 40.1 Å². The van der Waals surface area contributed by atoms with Crippen molar-refractivity contribution < 1.29 is 28.5 Å². The molecule has 154 valence electrons. The largest absolute Gasteiger partial charge is 0.480 e. The maximum atomic E-state index is 11.0. The van der Waals surface area contributed by atoms with Gasteiger partial charge >= 0.3 is 5.97 Å². The second-order valence-electron chi connectivity index (χ2n) is 6.33. The third kappa shape index (κ3) is 5.42. The van der Waals surface area contributed by atoms with Gasteiger partial charge in [0.25, 0.3) is 0 Å². The first-order valence-electron chi connectivity index (χ1n) is 9.18. The summed E-state index contributed by atoms with van der Waals surface area (Å²) in [6, 6.07) is 5.56. The van der Waals surface area contributed by atoms with E-state index >= 15 is 0 Å². The van der Waals surface area contributed by atoms with Crippen LogP contribution in [-0.2, 0) is 16.0 Å². The van der Waals surface area contributed by atoms with Crippen LogP contribution in [0.4, 0.5) is 0 Å². The lowest BCUT2D eigenvalue weighted by molar-refractivity contribution is -0.138. The van der Waals surface area contributed by atoms with Crippen molar-refractivity contribution in [3.63, 3.8) is 0 Å². The van der Waals surface area contributed by atoms with E-state index < -0.39 is 10.7 Å². The smallest absolute Gasteiger partial charge is 0.319 e. The van der Waals surface area contributed by atoms with Crippen LogP contribution >= 0.6 is 11.8 Å². The van der Waals surface area contributed by atoms with Crippen molar-refractivity contribution in [1.29, 1.82) is 0 Å².